The molecule has 0 radical (unpaired) electrons. The lowest BCUT2D eigenvalue weighted by Gasteiger charge is -2.04. The first-order valence-corrected chi connectivity index (χ1v) is 7.50. The number of methoxy groups -OCH3 is 1. The van der Waals surface area contributed by atoms with Gasteiger partial charge in [0.05, 0.1) is 11.6 Å². The molecule has 0 spiro atoms. The zero-order chi connectivity index (χ0) is 14.5. The van der Waals surface area contributed by atoms with Crippen LogP contribution in [0, 0.1) is 0 Å². The summed E-state index contributed by atoms with van der Waals surface area (Å²) >= 11 is 6.75. The van der Waals surface area contributed by atoms with Gasteiger partial charge in [-0.3, -0.25) is 4.79 Å². The standard InChI is InChI=1S/C16H12Br2O2/c1-20-16-9-5-12(10-14(16)18)15(19)8-4-11-2-6-13(17)7-3-11/h2-10H,1H3/b8-4+. The Morgan fingerprint density at radius 2 is 1.80 bits per heavy atom. The highest BCUT2D eigenvalue weighted by Gasteiger charge is 2.06. The summed E-state index contributed by atoms with van der Waals surface area (Å²) in [6.45, 7) is 0. The van der Waals surface area contributed by atoms with E-state index in [1.165, 1.54) is 0 Å². The van der Waals surface area contributed by atoms with Gasteiger partial charge in [0.1, 0.15) is 5.75 Å². The average Bonchev–Trinajstić information content (AvgIpc) is 2.46. The smallest absolute Gasteiger partial charge is 0.185 e. The van der Waals surface area contributed by atoms with Gasteiger partial charge in [0.25, 0.3) is 0 Å². The third-order valence-corrected chi connectivity index (χ3v) is 3.88. The molecule has 0 saturated carbocycles. The van der Waals surface area contributed by atoms with Gasteiger partial charge in [0.15, 0.2) is 5.78 Å². The second-order valence-electron chi connectivity index (χ2n) is 4.10. The molecule has 0 saturated heterocycles. The Labute approximate surface area is 134 Å². The number of rotatable bonds is 4. The zero-order valence-electron chi connectivity index (χ0n) is 10.8. The first-order chi connectivity index (χ1) is 9.60. The van der Waals surface area contributed by atoms with Crippen LogP contribution in [0.2, 0.25) is 0 Å². The molecule has 102 valence electrons. The van der Waals surface area contributed by atoms with Crippen molar-refractivity contribution >= 4 is 43.7 Å². The Morgan fingerprint density at radius 3 is 2.40 bits per heavy atom. The zero-order valence-corrected chi connectivity index (χ0v) is 13.9. The van der Waals surface area contributed by atoms with Crippen LogP contribution in [0.3, 0.4) is 0 Å². The van der Waals surface area contributed by atoms with Crippen molar-refractivity contribution in [3.05, 3.63) is 68.6 Å². The quantitative estimate of drug-likeness (QED) is 0.530. The summed E-state index contributed by atoms with van der Waals surface area (Å²) in [4.78, 5) is 12.1. The Balaban J connectivity index is 2.15. The van der Waals surface area contributed by atoms with Gasteiger partial charge in [-0.25, -0.2) is 0 Å². The van der Waals surface area contributed by atoms with Crippen LogP contribution < -0.4 is 4.74 Å². The largest absolute Gasteiger partial charge is 0.496 e. The molecule has 0 aromatic heterocycles. The van der Waals surface area contributed by atoms with E-state index >= 15 is 0 Å². The number of hydrogen-bond acceptors (Lipinski definition) is 2. The van der Waals surface area contributed by atoms with Gasteiger partial charge in [0, 0.05) is 10.0 Å². The van der Waals surface area contributed by atoms with Gasteiger partial charge in [0.2, 0.25) is 0 Å². The van der Waals surface area contributed by atoms with E-state index in [-0.39, 0.29) is 5.78 Å². The molecule has 0 fully saturated rings. The highest BCUT2D eigenvalue weighted by Crippen LogP contribution is 2.25. The second kappa shape index (κ2) is 6.86. The first kappa shape index (κ1) is 15.0. The van der Waals surface area contributed by atoms with Crippen molar-refractivity contribution in [3.63, 3.8) is 0 Å². The molecule has 0 bridgehead atoms. The Kier molecular flexibility index (Phi) is 5.15. The average molecular weight is 396 g/mol. The van der Waals surface area contributed by atoms with Gasteiger partial charge in [-0.05, 0) is 57.9 Å². The SMILES string of the molecule is COc1ccc(C(=O)/C=C/c2ccc(Br)cc2)cc1Br. The number of benzene rings is 2. The third-order valence-electron chi connectivity index (χ3n) is 2.73. The van der Waals surface area contributed by atoms with E-state index in [9.17, 15) is 4.79 Å². The summed E-state index contributed by atoms with van der Waals surface area (Å²) in [5.41, 5.74) is 1.60. The number of carbonyl (C=O) groups is 1. The molecule has 0 heterocycles. The van der Waals surface area contributed by atoms with E-state index in [1.54, 1.807) is 37.5 Å². The van der Waals surface area contributed by atoms with Gasteiger partial charge in [-0.2, -0.15) is 0 Å². The fourth-order valence-electron chi connectivity index (χ4n) is 1.66. The Bertz CT molecular complexity index is 646. The summed E-state index contributed by atoms with van der Waals surface area (Å²) in [7, 11) is 1.59. The van der Waals surface area contributed by atoms with Crippen LogP contribution >= 0.6 is 31.9 Å². The van der Waals surface area contributed by atoms with Crippen molar-refractivity contribution in [1.82, 2.24) is 0 Å². The molecule has 0 N–H and O–H groups in total. The van der Waals surface area contributed by atoms with Crippen LogP contribution in [-0.2, 0) is 0 Å². The van der Waals surface area contributed by atoms with Crippen molar-refractivity contribution in [2.45, 2.75) is 0 Å². The molecule has 0 amide bonds. The van der Waals surface area contributed by atoms with E-state index in [0.29, 0.717) is 11.3 Å². The van der Waals surface area contributed by atoms with Crippen LogP contribution in [0.15, 0.2) is 57.5 Å². The van der Waals surface area contributed by atoms with E-state index in [4.69, 9.17) is 4.74 Å². The molecule has 0 unspecified atom stereocenters. The van der Waals surface area contributed by atoms with Crippen LogP contribution in [0.1, 0.15) is 15.9 Å². The number of hydrogen-bond donors (Lipinski definition) is 0. The molecule has 20 heavy (non-hydrogen) atoms. The summed E-state index contributed by atoms with van der Waals surface area (Å²) in [6.07, 6.45) is 3.37. The van der Waals surface area contributed by atoms with Crippen molar-refractivity contribution in [2.75, 3.05) is 7.11 Å². The molecule has 0 aliphatic heterocycles. The molecule has 4 heteroatoms. The van der Waals surface area contributed by atoms with Gasteiger partial charge < -0.3 is 4.74 Å². The Hall–Kier alpha value is -1.39. The van der Waals surface area contributed by atoms with E-state index < -0.39 is 0 Å². The minimum Gasteiger partial charge on any atom is -0.496 e. The number of allylic oxidation sites excluding steroid dienone is 1. The van der Waals surface area contributed by atoms with E-state index in [2.05, 4.69) is 31.9 Å². The predicted octanol–water partition coefficient (Wildman–Crippen LogP) is 5.12. The van der Waals surface area contributed by atoms with E-state index in [1.807, 2.05) is 24.3 Å². The minimum atomic E-state index is -0.0451. The maximum absolute atomic E-state index is 12.1. The van der Waals surface area contributed by atoms with Crippen molar-refractivity contribution in [1.29, 1.82) is 0 Å². The summed E-state index contributed by atoms with van der Waals surface area (Å²) in [6, 6.07) is 13.0. The van der Waals surface area contributed by atoms with Gasteiger partial charge >= 0.3 is 0 Å². The van der Waals surface area contributed by atoms with Crippen LogP contribution in [-0.4, -0.2) is 12.9 Å². The van der Waals surface area contributed by atoms with Crippen LogP contribution in [0.4, 0.5) is 0 Å². The normalized spacial score (nSPS) is 10.8. The lowest BCUT2D eigenvalue weighted by atomic mass is 10.1. The van der Waals surface area contributed by atoms with E-state index in [0.717, 1.165) is 14.5 Å². The fraction of sp³-hybridized carbons (Fsp3) is 0.0625. The topological polar surface area (TPSA) is 26.3 Å². The number of carbonyl (C=O) groups excluding carboxylic acids is 1. The molecule has 0 aliphatic rings. The summed E-state index contributed by atoms with van der Waals surface area (Å²) in [5.74, 6) is 0.662. The van der Waals surface area contributed by atoms with Crippen molar-refractivity contribution < 1.29 is 9.53 Å². The highest BCUT2D eigenvalue weighted by atomic mass is 79.9. The van der Waals surface area contributed by atoms with Crippen LogP contribution in [0.25, 0.3) is 6.08 Å². The maximum Gasteiger partial charge on any atom is 0.185 e. The third kappa shape index (κ3) is 3.81. The lowest BCUT2D eigenvalue weighted by molar-refractivity contribution is 0.104. The molecule has 0 aliphatic carbocycles. The van der Waals surface area contributed by atoms with Crippen LogP contribution in [0.5, 0.6) is 5.75 Å². The highest BCUT2D eigenvalue weighted by molar-refractivity contribution is 9.10. The molecule has 2 rings (SSSR count). The minimum absolute atomic E-state index is 0.0451. The number of halogens is 2. The summed E-state index contributed by atoms with van der Waals surface area (Å²) in [5, 5.41) is 0. The van der Waals surface area contributed by atoms with Gasteiger partial charge in [-0.1, -0.05) is 34.1 Å². The van der Waals surface area contributed by atoms with Crippen molar-refractivity contribution in [3.8, 4) is 5.75 Å². The fourth-order valence-corrected chi connectivity index (χ4v) is 2.47. The lowest BCUT2D eigenvalue weighted by Crippen LogP contribution is -1.95. The first-order valence-electron chi connectivity index (χ1n) is 5.91. The molecule has 2 aromatic rings. The van der Waals surface area contributed by atoms with Gasteiger partial charge in [-0.15, -0.1) is 0 Å². The number of ether oxygens (including phenoxy) is 1. The summed E-state index contributed by atoms with van der Waals surface area (Å²) < 4.78 is 6.92. The molecule has 2 aromatic carbocycles. The van der Waals surface area contributed by atoms with Crippen molar-refractivity contribution in [2.24, 2.45) is 0 Å². The Morgan fingerprint density at radius 1 is 1.10 bits per heavy atom. The molecule has 2 nitrogen and oxygen atoms in total. The maximum atomic E-state index is 12.1. The molecular weight excluding hydrogens is 384 g/mol. The number of ketones is 1. The monoisotopic (exact) mass is 394 g/mol. The molecule has 0 atom stereocenters. The second-order valence-corrected chi connectivity index (χ2v) is 5.87. The molecular formula is C16H12Br2O2. The predicted molar refractivity (Wildman–Crippen MR) is 88.2 cm³/mol.